The van der Waals surface area contributed by atoms with Crippen LogP contribution in [0.4, 0.5) is 0 Å². The summed E-state index contributed by atoms with van der Waals surface area (Å²) in [6.45, 7) is 17.1. The fourth-order valence-electron chi connectivity index (χ4n) is 3.14. The highest BCUT2D eigenvalue weighted by Gasteiger charge is 2.39. The molecule has 0 aliphatic carbocycles. The predicted octanol–water partition coefficient (Wildman–Crippen LogP) is 4.70. The fraction of sp³-hybridized carbons (Fsp3) is 0.933. The number of Topliss-reactive ketones (excluding diaryl/α,β-unsaturated/α-hetero) is 1. The topological polar surface area (TPSA) is 17.1 Å². The first-order valence-corrected chi connectivity index (χ1v) is 6.54. The van der Waals surface area contributed by atoms with Gasteiger partial charge in [0.25, 0.3) is 0 Å². The third-order valence-electron chi connectivity index (χ3n) is 3.07. The molecule has 0 saturated heterocycles. The first-order chi connectivity index (χ1) is 6.99. The highest BCUT2D eigenvalue weighted by molar-refractivity contribution is 5.89. The standard InChI is InChI=1S/C15H30O/c1-11(2)9-14(5,6)13(16)15(7,8)10-12(3)4/h11-12H,9-10H2,1-8H3. The molecule has 0 radical (unpaired) electrons. The summed E-state index contributed by atoms with van der Waals surface area (Å²) in [5.41, 5.74) is -0.376. The third-order valence-corrected chi connectivity index (χ3v) is 3.07. The summed E-state index contributed by atoms with van der Waals surface area (Å²) in [6.07, 6.45) is 1.96. The van der Waals surface area contributed by atoms with Gasteiger partial charge in [0, 0.05) is 10.8 Å². The second kappa shape index (κ2) is 5.33. The molecular formula is C15H30O. The smallest absolute Gasteiger partial charge is 0.144 e. The van der Waals surface area contributed by atoms with E-state index in [0.29, 0.717) is 17.6 Å². The fourth-order valence-corrected chi connectivity index (χ4v) is 3.14. The van der Waals surface area contributed by atoms with Gasteiger partial charge in [-0.2, -0.15) is 0 Å². The molecule has 0 heterocycles. The molecule has 0 aliphatic rings. The molecule has 0 spiro atoms. The summed E-state index contributed by atoms with van der Waals surface area (Å²) < 4.78 is 0. The Labute approximate surface area is 102 Å². The van der Waals surface area contributed by atoms with Crippen LogP contribution < -0.4 is 0 Å². The third kappa shape index (κ3) is 4.67. The molecule has 0 aromatic heterocycles. The van der Waals surface area contributed by atoms with Crippen LogP contribution >= 0.6 is 0 Å². The van der Waals surface area contributed by atoms with Crippen LogP contribution in [0.15, 0.2) is 0 Å². The van der Waals surface area contributed by atoms with Crippen LogP contribution in [0.5, 0.6) is 0 Å². The van der Waals surface area contributed by atoms with Crippen molar-refractivity contribution in [2.75, 3.05) is 0 Å². The number of carbonyl (C=O) groups excluding carboxylic acids is 1. The lowest BCUT2D eigenvalue weighted by molar-refractivity contribution is -0.137. The number of rotatable bonds is 6. The molecule has 0 unspecified atom stereocenters. The second-order valence-electron chi connectivity index (χ2n) is 7.29. The quantitative estimate of drug-likeness (QED) is 0.641. The van der Waals surface area contributed by atoms with E-state index in [0.717, 1.165) is 12.8 Å². The van der Waals surface area contributed by atoms with Crippen molar-refractivity contribution in [3.05, 3.63) is 0 Å². The zero-order chi connectivity index (χ0) is 13.1. The Morgan fingerprint density at radius 1 is 0.812 bits per heavy atom. The van der Waals surface area contributed by atoms with Crippen molar-refractivity contribution < 1.29 is 4.79 Å². The summed E-state index contributed by atoms with van der Waals surface area (Å²) >= 11 is 0. The lowest BCUT2D eigenvalue weighted by atomic mass is 9.67. The largest absolute Gasteiger partial charge is 0.299 e. The molecule has 0 amide bonds. The molecule has 0 aliphatic heterocycles. The van der Waals surface area contributed by atoms with Gasteiger partial charge in [0.15, 0.2) is 0 Å². The van der Waals surface area contributed by atoms with Gasteiger partial charge in [0.1, 0.15) is 5.78 Å². The van der Waals surface area contributed by atoms with Crippen LogP contribution in [0, 0.1) is 22.7 Å². The van der Waals surface area contributed by atoms with E-state index in [1.54, 1.807) is 0 Å². The van der Waals surface area contributed by atoms with Gasteiger partial charge < -0.3 is 0 Å². The Kier molecular flexibility index (Phi) is 5.22. The van der Waals surface area contributed by atoms with Crippen molar-refractivity contribution in [3.8, 4) is 0 Å². The maximum Gasteiger partial charge on any atom is 0.144 e. The Hall–Kier alpha value is -0.330. The lowest BCUT2D eigenvalue weighted by Gasteiger charge is -2.35. The van der Waals surface area contributed by atoms with Gasteiger partial charge in [-0.05, 0) is 24.7 Å². The first-order valence-electron chi connectivity index (χ1n) is 6.54. The van der Waals surface area contributed by atoms with E-state index < -0.39 is 0 Å². The highest BCUT2D eigenvalue weighted by atomic mass is 16.1. The summed E-state index contributed by atoms with van der Waals surface area (Å²) in [7, 11) is 0. The SMILES string of the molecule is CC(C)CC(C)(C)C(=O)C(C)(C)CC(C)C. The van der Waals surface area contributed by atoms with Crippen molar-refractivity contribution in [1.29, 1.82) is 0 Å². The summed E-state index contributed by atoms with van der Waals surface area (Å²) in [5.74, 6) is 1.57. The Bertz CT molecular complexity index is 210. The summed E-state index contributed by atoms with van der Waals surface area (Å²) in [5, 5.41) is 0. The minimum atomic E-state index is -0.188. The van der Waals surface area contributed by atoms with Gasteiger partial charge in [-0.3, -0.25) is 4.79 Å². The second-order valence-corrected chi connectivity index (χ2v) is 7.29. The predicted molar refractivity (Wildman–Crippen MR) is 71.5 cm³/mol. The Morgan fingerprint density at radius 2 is 1.06 bits per heavy atom. The Morgan fingerprint density at radius 3 is 1.25 bits per heavy atom. The molecule has 0 aromatic rings. The van der Waals surface area contributed by atoms with Gasteiger partial charge in [-0.15, -0.1) is 0 Å². The van der Waals surface area contributed by atoms with Gasteiger partial charge in [-0.25, -0.2) is 0 Å². The molecule has 0 N–H and O–H groups in total. The summed E-state index contributed by atoms with van der Waals surface area (Å²) in [4.78, 5) is 12.6. The molecule has 1 heteroatoms. The van der Waals surface area contributed by atoms with E-state index >= 15 is 0 Å². The van der Waals surface area contributed by atoms with Crippen molar-refractivity contribution >= 4 is 5.78 Å². The van der Waals surface area contributed by atoms with E-state index in [4.69, 9.17) is 0 Å². The van der Waals surface area contributed by atoms with Crippen molar-refractivity contribution in [1.82, 2.24) is 0 Å². The number of hydrogen-bond donors (Lipinski definition) is 0. The molecule has 0 saturated carbocycles. The van der Waals surface area contributed by atoms with Crippen LogP contribution in [-0.4, -0.2) is 5.78 Å². The van der Waals surface area contributed by atoms with Crippen LogP contribution in [0.2, 0.25) is 0 Å². The molecule has 0 aromatic carbocycles. The molecular weight excluding hydrogens is 196 g/mol. The monoisotopic (exact) mass is 226 g/mol. The number of carbonyl (C=O) groups is 1. The average molecular weight is 226 g/mol. The van der Waals surface area contributed by atoms with Crippen molar-refractivity contribution in [2.24, 2.45) is 22.7 Å². The zero-order valence-electron chi connectivity index (χ0n) is 12.5. The van der Waals surface area contributed by atoms with Gasteiger partial charge in [0.2, 0.25) is 0 Å². The lowest BCUT2D eigenvalue weighted by Crippen LogP contribution is -2.38. The van der Waals surface area contributed by atoms with E-state index in [1.807, 2.05) is 0 Å². The molecule has 0 fully saturated rings. The van der Waals surface area contributed by atoms with Crippen LogP contribution in [0.1, 0.15) is 68.2 Å². The minimum Gasteiger partial charge on any atom is -0.299 e. The minimum absolute atomic E-state index is 0.188. The molecule has 96 valence electrons. The van der Waals surface area contributed by atoms with Gasteiger partial charge >= 0.3 is 0 Å². The van der Waals surface area contributed by atoms with Crippen LogP contribution in [-0.2, 0) is 4.79 Å². The molecule has 0 atom stereocenters. The number of hydrogen-bond acceptors (Lipinski definition) is 1. The highest BCUT2D eigenvalue weighted by Crippen LogP contribution is 2.38. The van der Waals surface area contributed by atoms with E-state index in [-0.39, 0.29) is 10.8 Å². The molecule has 16 heavy (non-hydrogen) atoms. The molecule has 1 nitrogen and oxygen atoms in total. The van der Waals surface area contributed by atoms with Crippen molar-refractivity contribution in [2.45, 2.75) is 68.2 Å². The van der Waals surface area contributed by atoms with Gasteiger partial charge in [-0.1, -0.05) is 55.4 Å². The van der Waals surface area contributed by atoms with E-state index in [2.05, 4.69) is 55.4 Å². The number of ketones is 1. The maximum absolute atomic E-state index is 12.6. The normalized spacial score (nSPS) is 13.6. The zero-order valence-corrected chi connectivity index (χ0v) is 12.5. The van der Waals surface area contributed by atoms with Crippen LogP contribution in [0.3, 0.4) is 0 Å². The van der Waals surface area contributed by atoms with E-state index in [9.17, 15) is 4.79 Å². The molecule has 0 rings (SSSR count). The molecule has 0 bridgehead atoms. The Balaban J connectivity index is 4.76. The maximum atomic E-state index is 12.6. The van der Waals surface area contributed by atoms with Crippen molar-refractivity contribution in [3.63, 3.8) is 0 Å². The first kappa shape index (κ1) is 15.7. The average Bonchev–Trinajstić information content (AvgIpc) is 1.97. The van der Waals surface area contributed by atoms with Gasteiger partial charge in [0.05, 0.1) is 0 Å². The van der Waals surface area contributed by atoms with Crippen LogP contribution in [0.25, 0.3) is 0 Å². The summed E-state index contributed by atoms with van der Waals surface area (Å²) in [6, 6.07) is 0. The van der Waals surface area contributed by atoms with E-state index in [1.165, 1.54) is 0 Å².